The number of carbonyl (C=O) groups excluding carboxylic acids is 2. The molecule has 1 atom stereocenters. The number of guanidine groups is 1. The first-order valence-corrected chi connectivity index (χ1v) is 9.08. The number of benzene rings is 1. The predicted octanol–water partition coefficient (Wildman–Crippen LogP) is 2.42. The van der Waals surface area contributed by atoms with Crippen molar-refractivity contribution in [3.63, 3.8) is 0 Å². The number of nitrogens with zero attached hydrogens (tertiary/aromatic N) is 1. The monoisotopic (exact) mass is 503 g/mol. The van der Waals surface area contributed by atoms with E-state index in [4.69, 9.17) is 4.74 Å². The molecule has 0 bridgehead atoms. The second kappa shape index (κ2) is 11.1. The SMILES string of the molecule is CN=C(NCCNC(=O)OC(C)(C)C)NCC1CC(=O)Nc2ccccc21.I. The summed E-state index contributed by atoms with van der Waals surface area (Å²) < 4.78 is 5.18. The second-order valence-electron chi connectivity index (χ2n) is 7.35. The van der Waals surface area contributed by atoms with Gasteiger partial charge < -0.3 is 26.0 Å². The van der Waals surface area contributed by atoms with E-state index in [1.165, 1.54) is 0 Å². The molecular weight excluding hydrogens is 473 g/mol. The quantitative estimate of drug-likeness (QED) is 0.214. The summed E-state index contributed by atoms with van der Waals surface area (Å²) in [6.07, 6.45) is -0.0154. The van der Waals surface area contributed by atoms with Crippen LogP contribution in [0, 0.1) is 0 Å². The van der Waals surface area contributed by atoms with Crippen LogP contribution in [-0.2, 0) is 9.53 Å². The molecule has 4 N–H and O–H groups in total. The molecule has 0 aromatic heterocycles. The standard InChI is InChI=1S/C19H29N5O3.HI/c1-19(2,3)27-18(26)22-10-9-21-17(20-4)23-12-13-11-16(25)24-15-8-6-5-7-14(13)15;/h5-8,13H,9-12H2,1-4H3,(H,22,26)(H,24,25)(H2,20,21,23);1H. The molecule has 0 spiro atoms. The van der Waals surface area contributed by atoms with E-state index in [9.17, 15) is 9.59 Å². The lowest BCUT2D eigenvalue weighted by Gasteiger charge is -2.26. The van der Waals surface area contributed by atoms with E-state index in [1.54, 1.807) is 7.05 Å². The maximum Gasteiger partial charge on any atom is 0.407 e. The molecule has 156 valence electrons. The van der Waals surface area contributed by atoms with Gasteiger partial charge in [-0.15, -0.1) is 24.0 Å². The smallest absolute Gasteiger partial charge is 0.407 e. The van der Waals surface area contributed by atoms with Crippen LogP contribution >= 0.6 is 24.0 Å². The van der Waals surface area contributed by atoms with E-state index < -0.39 is 11.7 Å². The van der Waals surface area contributed by atoms with Gasteiger partial charge in [0.2, 0.25) is 5.91 Å². The van der Waals surface area contributed by atoms with Crippen molar-refractivity contribution in [1.29, 1.82) is 0 Å². The van der Waals surface area contributed by atoms with Crippen molar-refractivity contribution in [2.24, 2.45) is 4.99 Å². The minimum atomic E-state index is -0.516. The lowest BCUT2D eigenvalue weighted by atomic mass is 9.90. The third kappa shape index (κ3) is 7.91. The molecule has 1 aromatic carbocycles. The average Bonchev–Trinajstić information content (AvgIpc) is 2.59. The van der Waals surface area contributed by atoms with Gasteiger partial charge in [0.25, 0.3) is 0 Å². The number of alkyl carbamates (subject to hydrolysis) is 1. The molecule has 9 heteroatoms. The van der Waals surface area contributed by atoms with Gasteiger partial charge in [0.15, 0.2) is 5.96 Å². The topological polar surface area (TPSA) is 104 Å². The lowest BCUT2D eigenvalue weighted by Crippen LogP contribution is -2.44. The van der Waals surface area contributed by atoms with Crippen molar-refractivity contribution >= 4 is 47.6 Å². The summed E-state index contributed by atoms with van der Waals surface area (Å²) >= 11 is 0. The Balaban J connectivity index is 0.00000392. The van der Waals surface area contributed by atoms with Gasteiger partial charge >= 0.3 is 6.09 Å². The first-order chi connectivity index (χ1) is 12.8. The summed E-state index contributed by atoms with van der Waals surface area (Å²) in [5.41, 5.74) is 1.47. The minimum Gasteiger partial charge on any atom is -0.444 e. The maximum atomic E-state index is 11.9. The van der Waals surface area contributed by atoms with E-state index in [1.807, 2.05) is 45.0 Å². The van der Waals surface area contributed by atoms with Crippen LogP contribution in [0.3, 0.4) is 0 Å². The van der Waals surface area contributed by atoms with Gasteiger partial charge in [-0.3, -0.25) is 9.79 Å². The number of nitrogens with one attached hydrogen (secondary N) is 4. The Kier molecular flexibility index (Phi) is 9.50. The number of ether oxygens (including phenoxy) is 1. The van der Waals surface area contributed by atoms with Crippen LogP contribution in [0.5, 0.6) is 0 Å². The van der Waals surface area contributed by atoms with Gasteiger partial charge in [-0.05, 0) is 32.4 Å². The van der Waals surface area contributed by atoms with Crippen molar-refractivity contribution < 1.29 is 14.3 Å². The number of carbonyl (C=O) groups is 2. The highest BCUT2D eigenvalue weighted by Gasteiger charge is 2.24. The third-order valence-electron chi connectivity index (χ3n) is 3.93. The Bertz CT molecular complexity index is 703. The van der Waals surface area contributed by atoms with E-state index in [0.29, 0.717) is 32.0 Å². The molecule has 1 aliphatic heterocycles. The first-order valence-electron chi connectivity index (χ1n) is 9.08. The molecule has 8 nitrogen and oxygen atoms in total. The molecule has 2 amide bonds. The van der Waals surface area contributed by atoms with Crippen LogP contribution < -0.4 is 21.3 Å². The number of amides is 2. The van der Waals surface area contributed by atoms with Gasteiger partial charge in [-0.2, -0.15) is 0 Å². The molecule has 1 aromatic rings. The van der Waals surface area contributed by atoms with E-state index in [2.05, 4.69) is 26.3 Å². The van der Waals surface area contributed by atoms with Crippen LogP contribution in [0.4, 0.5) is 10.5 Å². The summed E-state index contributed by atoms with van der Waals surface area (Å²) in [6, 6.07) is 7.82. The van der Waals surface area contributed by atoms with Crippen LogP contribution in [0.25, 0.3) is 0 Å². The summed E-state index contributed by atoms with van der Waals surface area (Å²) in [5, 5.41) is 12.0. The van der Waals surface area contributed by atoms with Gasteiger partial charge in [0.05, 0.1) is 0 Å². The highest BCUT2D eigenvalue weighted by atomic mass is 127. The Hall–Kier alpha value is -2.04. The molecule has 1 heterocycles. The molecule has 28 heavy (non-hydrogen) atoms. The number of hydrogen-bond acceptors (Lipinski definition) is 4. The Morgan fingerprint density at radius 2 is 1.89 bits per heavy atom. The van der Waals surface area contributed by atoms with Gasteiger partial charge in [-0.1, -0.05) is 18.2 Å². The fourth-order valence-corrected chi connectivity index (χ4v) is 2.78. The van der Waals surface area contributed by atoms with Gasteiger partial charge in [0.1, 0.15) is 5.60 Å². The van der Waals surface area contributed by atoms with E-state index in [-0.39, 0.29) is 35.8 Å². The van der Waals surface area contributed by atoms with Gasteiger partial charge in [-0.25, -0.2) is 4.79 Å². The average molecular weight is 503 g/mol. The molecule has 0 fully saturated rings. The second-order valence-corrected chi connectivity index (χ2v) is 7.35. The number of hydrogen-bond donors (Lipinski definition) is 4. The number of rotatable bonds is 5. The third-order valence-corrected chi connectivity index (χ3v) is 3.93. The molecule has 0 saturated carbocycles. The van der Waals surface area contributed by atoms with Crippen molar-refractivity contribution in [1.82, 2.24) is 16.0 Å². The Morgan fingerprint density at radius 3 is 2.57 bits per heavy atom. The number of aliphatic imine (C=N–C) groups is 1. The molecular formula is C19H30IN5O3. The minimum absolute atomic E-state index is 0. The van der Waals surface area contributed by atoms with Crippen LogP contribution in [-0.4, -0.2) is 50.2 Å². The first kappa shape index (κ1) is 24.0. The maximum absolute atomic E-state index is 11.9. The van der Waals surface area contributed by atoms with Crippen molar-refractivity contribution in [2.75, 3.05) is 32.0 Å². The highest BCUT2D eigenvalue weighted by Crippen LogP contribution is 2.31. The normalized spacial score (nSPS) is 16.2. The Morgan fingerprint density at radius 1 is 1.21 bits per heavy atom. The zero-order chi connectivity index (χ0) is 19.9. The number of fused-ring (bicyclic) bond motifs is 1. The van der Waals surface area contributed by atoms with Crippen LogP contribution in [0.2, 0.25) is 0 Å². The van der Waals surface area contributed by atoms with Crippen molar-refractivity contribution in [2.45, 2.75) is 38.7 Å². The number of halogens is 1. The number of para-hydroxylation sites is 1. The van der Waals surface area contributed by atoms with Crippen molar-refractivity contribution in [3.8, 4) is 0 Å². The summed E-state index contributed by atoms with van der Waals surface area (Å²) in [6.45, 7) is 6.95. The molecule has 1 aliphatic rings. The van der Waals surface area contributed by atoms with Crippen LogP contribution in [0.1, 0.15) is 38.7 Å². The molecule has 2 rings (SSSR count). The van der Waals surface area contributed by atoms with Crippen LogP contribution in [0.15, 0.2) is 29.3 Å². The zero-order valence-corrected chi connectivity index (χ0v) is 19.1. The highest BCUT2D eigenvalue weighted by molar-refractivity contribution is 14.0. The molecule has 0 radical (unpaired) electrons. The summed E-state index contributed by atoms with van der Waals surface area (Å²) in [5.74, 6) is 0.711. The Labute approximate surface area is 183 Å². The fraction of sp³-hybridized carbons (Fsp3) is 0.526. The zero-order valence-electron chi connectivity index (χ0n) is 16.8. The van der Waals surface area contributed by atoms with Gasteiger partial charge in [0, 0.05) is 44.7 Å². The summed E-state index contributed by atoms with van der Waals surface area (Å²) in [7, 11) is 1.68. The molecule has 1 unspecified atom stereocenters. The summed E-state index contributed by atoms with van der Waals surface area (Å²) in [4.78, 5) is 27.7. The van der Waals surface area contributed by atoms with Crippen molar-refractivity contribution in [3.05, 3.63) is 29.8 Å². The van der Waals surface area contributed by atoms with E-state index >= 15 is 0 Å². The molecule has 0 aliphatic carbocycles. The molecule has 0 saturated heterocycles. The fourth-order valence-electron chi connectivity index (χ4n) is 2.78. The van der Waals surface area contributed by atoms with E-state index in [0.717, 1.165) is 11.3 Å². The predicted molar refractivity (Wildman–Crippen MR) is 121 cm³/mol. The largest absolute Gasteiger partial charge is 0.444 e. The number of anilines is 1. The lowest BCUT2D eigenvalue weighted by molar-refractivity contribution is -0.116.